The lowest BCUT2D eigenvalue weighted by Gasteiger charge is -2.18. The summed E-state index contributed by atoms with van der Waals surface area (Å²) in [7, 11) is 0. The van der Waals surface area contributed by atoms with Crippen molar-refractivity contribution in [2.24, 2.45) is 0 Å². The Morgan fingerprint density at radius 1 is 0.297 bits per heavy atom. The molecule has 0 aromatic heterocycles. The Labute approximate surface area is 457 Å². The zero-order valence-electron chi connectivity index (χ0n) is 48.6. The Hall–Kier alpha value is -3.67. The van der Waals surface area contributed by atoms with Crippen LogP contribution in [0.15, 0.2) is 97.2 Å². The van der Waals surface area contributed by atoms with Crippen LogP contribution in [-0.2, 0) is 28.6 Å². The van der Waals surface area contributed by atoms with Crippen LogP contribution in [0.3, 0.4) is 0 Å². The van der Waals surface area contributed by atoms with Crippen LogP contribution in [0.25, 0.3) is 0 Å². The topological polar surface area (TPSA) is 78.9 Å². The summed E-state index contributed by atoms with van der Waals surface area (Å²) in [6, 6.07) is 0. The first-order chi connectivity index (χ1) is 36.5. The van der Waals surface area contributed by atoms with Crippen LogP contribution < -0.4 is 0 Å². The van der Waals surface area contributed by atoms with Crippen molar-refractivity contribution in [1.29, 1.82) is 0 Å². The number of carbonyl (C=O) groups is 3. The lowest BCUT2D eigenvalue weighted by Crippen LogP contribution is -2.30. The van der Waals surface area contributed by atoms with E-state index in [4.69, 9.17) is 14.2 Å². The van der Waals surface area contributed by atoms with Gasteiger partial charge >= 0.3 is 17.9 Å². The quantitative estimate of drug-likeness (QED) is 0.0199. The van der Waals surface area contributed by atoms with Crippen molar-refractivity contribution in [2.45, 2.75) is 303 Å². The summed E-state index contributed by atoms with van der Waals surface area (Å²) in [4.78, 5) is 38.3. The molecule has 0 saturated carbocycles. The lowest BCUT2D eigenvalue weighted by molar-refractivity contribution is -0.166. The minimum Gasteiger partial charge on any atom is -0.462 e. The first kappa shape index (κ1) is 70.3. The SMILES string of the molecule is CC/C=C\C/C=C\C/C=C\C/C=C\C/C=C\C/C=C\CCC(=O)OCC(COC(=O)CCCCCCC/C=C\C=C/CCCCCCCCC)OC(=O)CCCCCCCCCCCCCCCCCCCCC. The predicted molar refractivity (Wildman–Crippen MR) is 320 cm³/mol. The van der Waals surface area contributed by atoms with Gasteiger partial charge < -0.3 is 14.2 Å². The molecule has 0 radical (unpaired) electrons. The molecule has 6 nitrogen and oxygen atoms in total. The second-order valence-corrected chi connectivity index (χ2v) is 20.6. The van der Waals surface area contributed by atoms with Gasteiger partial charge in [-0.05, 0) is 83.5 Å². The van der Waals surface area contributed by atoms with Gasteiger partial charge in [-0.1, -0.05) is 291 Å². The molecular weight excluding hydrogens is 913 g/mol. The molecule has 0 bridgehead atoms. The minimum atomic E-state index is -0.815. The van der Waals surface area contributed by atoms with Crippen LogP contribution in [0.2, 0.25) is 0 Å². The van der Waals surface area contributed by atoms with Crippen LogP contribution in [0.1, 0.15) is 297 Å². The van der Waals surface area contributed by atoms with Gasteiger partial charge in [0.15, 0.2) is 6.10 Å². The third kappa shape index (κ3) is 59.2. The van der Waals surface area contributed by atoms with Gasteiger partial charge in [-0.15, -0.1) is 0 Å². The van der Waals surface area contributed by atoms with Crippen molar-refractivity contribution in [3.05, 3.63) is 97.2 Å². The van der Waals surface area contributed by atoms with E-state index in [0.29, 0.717) is 19.3 Å². The number of allylic oxidation sites excluding steroid dienone is 16. The van der Waals surface area contributed by atoms with Gasteiger partial charge in [0.1, 0.15) is 13.2 Å². The Bertz CT molecular complexity index is 1460. The molecule has 74 heavy (non-hydrogen) atoms. The number of hydrogen-bond acceptors (Lipinski definition) is 6. The van der Waals surface area contributed by atoms with Crippen molar-refractivity contribution in [1.82, 2.24) is 0 Å². The van der Waals surface area contributed by atoms with Crippen molar-refractivity contribution >= 4 is 17.9 Å². The van der Waals surface area contributed by atoms with E-state index in [9.17, 15) is 14.4 Å². The highest BCUT2D eigenvalue weighted by Crippen LogP contribution is 2.16. The Balaban J connectivity index is 4.50. The second kappa shape index (κ2) is 61.9. The fraction of sp³-hybridized carbons (Fsp3) is 0.721. The van der Waals surface area contributed by atoms with Gasteiger partial charge in [0.05, 0.1) is 0 Å². The lowest BCUT2D eigenvalue weighted by atomic mass is 10.0. The summed E-state index contributed by atoms with van der Waals surface area (Å²) in [5.74, 6) is -0.997. The van der Waals surface area contributed by atoms with E-state index in [0.717, 1.165) is 96.3 Å². The molecule has 0 heterocycles. The molecule has 0 fully saturated rings. The molecular formula is C68H116O6. The van der Waals surface area contributed by atoms with Crippen LogP contribution in [0.5, 0.6) is 0 Å². The molecule has 0 aliphatic carbocycles. The van der Waals surface area contributed by atoms with Crippen molar-refractivity contribution in [2.75, 3.05) is 13.2 Å². The summed E-state index contributed by atoms with van der Waals surface area (Å²) < 4.78 is 16.8. The van der Waals surface area contributed by atoms with Gasteiger partial charge in [-0.25, -0.2) is 0 Å². The zero-order chi connectivity index (χ0) is 53.6. The van der Waals surface area contributed by atoms with Gasteiger partial charge in [0.25, 0.3) is 0 Å². The van der Waals surface area contributed by atoms with E-state index in [2.05, 4.69) is 112 Å². The zero-order valence-corrected chi connectivity index (χ0v) is 48.6. The highest BCUT2D eigenvalue weighted by Gasteiger charge is 2.19. The van der Waals surface area contributed by atoms with Crippen molar-refractivity contribution < 1.29 is 28.6 Å². The molecule has 0 spiro atoms. The van der Waals surface area contributed by atoms with Crippen LogP contribution in [0, 0.1) is 0 Å². The van der Waals surface area contributed by atoms with E-state index in [1.165, 1.54) is 154 Å². The predicted octanol–water partition coefficient (Wildman–Crippen LogP) is 21.3. The molecule has 0 saturated heterocycles. The standard InChI is InChI=1S/C68H116O6/c1-4-7-10-13-16-19-22-25-28-31-34-37-40-43-46-49-52-55-58-61-67(70)73-64-65(63-72-66(69)60-57-54-51-48-45-42-39-36-33-30-27-24-21-18-15-12-9-6-3)74-68(71)62-59-56-53-50-47-44-41-38-35-32-29-26-23-20-17-14-11-8-5-2/h7,10,16,19,25,28,30,33-34,36-37,39,43,46,52,55,65H,4-6,8-9,11-15,17-18,20-24,26-27,29,31-32,35,38,40-42,44-45,47-51,53-54,56-64H2,1-3H3/b10-7-,19-16-,28-25-,33-30-,37-34-,39-36-,46-43-,55-52-. The second-order valence-electron chi connectivity index (χ2n) is 20.6. The highest BCUT2D eigenvalue weighted by molar-refractivity contribution is 5.71. The van der Waals surface area contributed by atoms with Gasteiger partial charge in [0.2, 0.25) is 0 Å². The molecule has 0 aliphatic heterocycles. The average molecular weight is 1030 g/mol. The third-order valence-electron chi connectivity index (χ3n) is 13.4. The summed E-state index contributed by atoms with van der Waals surface area (Å²) in [5.41, 5.74) is 0. The number of hydrogen-bond donors (Lipinski definition) is 0. The number of esters is 3. The van der Waals surface area contributed by atoms with Crippen molar-refractivity contribution in [3.63, 3.8) is 0 Å². The van der Waals surface area contributed by atoms with Crippen LogP contribution in [0.4, 0.5) is 0 Å². The largest absolute Gasteiger partial charge is 0.462 e. The van der Waals surface area contributed by atoms with E-state index in [1.807, 2.05) is 6.08 Å². The summed E-state index contributed by atoms with van der Waals surface area (Å²) in [6.07, 6.45) is 82.8. The number of unbranched alkanes of at least 4 members (excludes halogenated alkanes) is 30. The summed E-state index contributed by atoms with van der Waals surface area (Å²) in [5, 5.41) is 0. The third-order valence-corrected chi connectivity index (χ3v) is 13.4. The molecule has 0 amide bonds. The molecule has 0 aliphatic rings. The highest BCUT2D eigenvalue weighted by atomic mass is 16.6. The van der Waals surface area contributed by atoms with E-state index in [-0.39, 0.29) is 37.5 Å². The maximum Gasteiger partial charge on any atom is 0.306 e. The van der Waals surface area contributed by atoms with Gasteiger partial charge in [-0.2, -0.15) is 0 Å². The molecule has 0 aromatic rings. The normalized spacial score (nSPS) is 12.7. The number of carbonyl (C=O) groups excluding carboxylic acids is 3. The minimum absolute atomic E-state index is 0.107. The Morgan fingerprint density at radius 3 is 0.959 bits per heavy atom. The maximum atomic E-state index is 12.9. The fourth-order valence-electron chi connectivity index (χ4n) is 8.70. The molecule has 0 aromatic carbocycles. The van der Waals surface area contributed by atoms with Gasteiger partial charge in [-0.3, -0.25) is 14.4 Å². The molecule has 424 valence electrons. The van der Waals surface area contributed by atoms with E-state index >= 15 is 0 Å². The maximum absolute atomic E-state index is 12.9. The summed E-state index contributed by atoms with van der Waals surface area (Å²) >= 11 is 0. The number of rotatable bonds is 56. The van der Waals surface area contributed by atoms with E-state index < -0.39 is 6.10 Å². The number of ether oxygens (including phenoxy) is 3. The monoisotopic (exact) mass is 1030 g/mol. The molecule has 6 heteroatoms. The van der Waals surface area contributed by atoms with Gasteiger partial charge in [0, 0.05) is 19.3 Å². The molecule has 1 unspecified atom stereocenters. The molecule has 0 N–H and O–H groups in total. The molecule has 0 rings (SSSR count). The first-order valence-corrected chi connectivity index (χ1v) is 31.3. The summed E-state index contributed by atoms with van der Waals surface area (Å²) in [6.45, 7) is 6.47. The van der Waals surface area contributed by atoms with Crippen molar-refractivity contribution in [3.8, 4) is 0 Å². The Kier molecular flexibility index (Phi) is 58.8. The Morgan fingerprint density at radius 2 is 0.595 bits per heavy atom. The fourth-order valence-corrected chi connectivity index (χ4v) is 8.70. The van der Waals surface area contributed by atoms with E-state index in [1.54, 1.807) is 0 Å². The first-order valence-electron chi connectivity index (χ1n) is 31.3. The van der Waals surface area contributed by atoms with Crippen LogP contribution >= 0.6 is 0 Å². The van der Waals surface area contributed by atoms with Crippen LogP contribution in [-0.4, -0.2) is 37.2 Å². The smallest absolute Gasteiger partial charge is 0.306 e. The molecule has 1 atom stereocenters. The average Bonchev–Trinajstić information content (AvgIpc) is 3.40.